The van der Waals surface area contributed by atoms with Crippen molar-refractivity contribution in [3.63, 3.8) is 0 Å². The van der Waals surface area contributed by atoms with Crippen LogP contribution in [0.25, 0.3) is 23.1 Å². The highest BCUT2D eigenvalue weighted by Gasteiger charge is 2.13. The van der Waals surface area contributed by atoms with Crippen LogP contribution in [-0.2, 0) is 11.2 Å². The van der Waals surface area contributed by atoms with Crippen molar-refractivity contribution >= 4 is 46.3 Å². The second kappa shape index (κ2) is 10.8. The molecule has 170 valence electrons. The molecule has 0 unspecified atom stereocenters. The third kappa shape index (κ3) is 5.50. The standard InChI is InChI=1S/C28H23ClN2O3/c1-34-28(32)25-8-3-2-6-20(25)12-16-26(31-33)22-7-4-5-19(17-22)9-14-24-15-11-21-10-13-23(29)18-27(21)30-24/h2-11,13-15,17-18,33H,12,16H2,1H3/b14-9+,31-26-. The summed E-state index contributed by atoms with van der Waals surface area (Å²) in [4.78, 5) is 16.7. The number of aryl methyl sites for hydroxylation is 1. The molecule has 4 rings (SSSR count). The first-order valence-electron chi connectivity index (χ1n) is 10.8. The quantitative estimate of drug-likeness (QED) is 0.142. The Morgan fingerprint density at radius 2 is 1.85 bits per heavy atom. The molecule has 0 bridgehead atoms. The molecule has 0 aliphatic rings. The Morgan fingerprint density at radius 1 is 1.03 bits per heavy atom. The van der Waals surface area contributed by atoms with Crippen molar-refractivity contribution in [1.82, 2.24) is 4.98 Å². The largest absolute Gasteiger partial charge is 0.465 e. The molecular weight excluding hydrogens is 448 g/mol. The van der Waals surface area contributed by atoms with Crippen LogP contribution in [0, 0.1) is 0 Å². The van der Waals surface area contributed by atoms with Crippen LogP contribution in [0.15, 0.2) is 84.0 Å². The predicted molar refractivity (Wildman–Crippen MR) is 137 cm³/mol. The molecule has 0 radical (unpaired) electrons. The van der Waals surface area contributed by atoms with E-state index in [9.17, 15) is 10.0 Å². The number of fused-ring (bicyclic) bond motifs is 1. The van der Waals surface area contributed by atoms with Crippen molar-refractivity contribution < 1.29 is 14.7 Å². The van der Waals surface area contributed by atoms with Crippen LogP contribution in [-0.4, -0.2) is 29.0 Å². The summed E-state index contributed by atoms with van der Waals surface area (Å²) in [6.45, 7) is 0. The van der Waals surface area contributed by atoms with Crippen molar-refractivity contribution in [2.75, 3.05) is 7.11 Å². The van der Waals surface area contributed by atoms with Crippen LogP contribution in [0.4, 0.5) is 0 Å². The van der Waals surface area contributed by atoms with Crippen LogP contribution in [0.2, 0.25) is 5.02 Å². The van der Waals surface area contributed by atoms with E-state index in [1.54, 1.807) is 12.1 Å². The average molecular weight is 471 g/mol. The number of carbonyl (C=O) groups excluding carboxylic acids is 1. The molecule has 0 spiro atoms. The smallest absolute Gasteiger partial charge is 0.338 e. The Labute approximate surface area is 203 Å². The fourth-order valence-electron chi connectivity index (χ4n) is 3.75. The van der Waals surface area contributed by atoms with E-state index in [1.165, 1.54) is 7.11 Å². The lowest BCUT2D eigenvalue weighted by Gasteiger charge is -2.09. The molecule has 1 heterocycles. The van der Waals surface area contributed by atoms with Gasteiger partial charge in [0, 0.05) is 10.4 Å². The molecule has 1 N–H and O–H groups in total. The fraction of sp³-hybridized carbons (Fsp3) is 0.107. The van der Waals surface area contributed by atoms with Gasteiger partial charge in [-0.2, -0.15) is 0 Å². The minimum atomic E-state index is -0.380. The number of carbonyl (C=O) groups is 1. The molecule has 34 heavy (non-hydrogen) atoms. The molecule has 0 aliphatic carbocycles. The van der Waals surface area contributed by atoms with E-state index in [1.807, 2.05) is 78.9 Å². The maximum Gasteiger partial charge on any atom is 0.338 e. The van der Waals surface area contributed by atoms with E-state index in [0.29, 0.717) is 29.1 Å². The Morgan fingerprint density at radius 3 is 2.68 bits per heavy atom. The summed E-state index contributed by atoms with van der Waals surface area (Å²) in [5.74, 6) is -0.380. The molecule has 0 fully saturated rings. The highest BCUT2D eigenvalue weighted by Crippen LogP contribution is 2.20. The lowest BCUT2D eigenvalue weighted by atomic mass is 9.97. The molecule has 0 atom stereocenters. The number of halogens is 1. The normalized spacial score (nSPS) is 11.8. The zero-order valence-electron chi connectivity index (χ0n) is 18.6. The Balaban J connectivity index is 1.51. The molecule has 5 nitrogen and oxygen atoms in total. The molecule has 1 aromatic heterocycles. The number of hydrogen-bond acceptors (Lipinski definition) is 5. The predicted octanol–water partition coefficient (Wildman–Crippen LogP) is 6.66. The number of esters is 1. The van der Waals surface area contributed by atoms with Gasteiger partial charge in [-0.1, -0.05) is 71.4 Å². The Bertz CT molecular complexity index is 1400. The van der Waals surface area contributed by atoms with Gasteiger partial charge < -0.3 is 9.94 Å². The molecule has 0 amide bonds. The van der Waals surface area contributed by atoms with Gasteiger partial charge >= 0.3 is 5.97 Å². The van der Waals surface area contributed by atoms with Gasteiger partial charge in [-0.25, -0.2) is 9.78 Å². The van der Waals surface area contributed by atoms with Crippen LogP contribution in [0.1, 0.15) is 39.2 Å². The second-order valence-electron chi connectivity index (χ2n) is 7.73. The van der Waals surface area contributed by atoms with E-state index in [4.69, 9.17) is 16.3 Å². The summed E-state index contributed by atoms with van der Waals surface area (Å²) >= 11 is 6.09. The van der Waals surface area contributed by atoms with Gasteiger partial charge in [-0.3, -0.25) is 0 Å². The summed E-state index contributed by atoms with van der Waals surface area (Å²) < 4.78 is 4.87. The Kier molecular flexibility index (Phi) is 7.35. The van der Waals surface area contributed by atoms with Crippen molar-refractivity contribution in [3.8, 4) is 0 Å². The van der Waals surface area contributed by atoms with Gasteiger partial charge in [0.1, 0.15) is 0 Å². The first kappa shape index (κ1) is 23.2. The van der Waals surface area contributed by atoms with Crippen LogP contribution in [0.3, 0.4) is 0 Å². The van der Waals surface area contributed by atoms with Gasteiger partial charge in [0.2, 0.25) is 0 Å². The van der Waals surface area contributed by atoms with Crippen LogP contribution in [0.5, 0.6) is 0 Å². The van der Waals surface area contributed by atoms with Gasteiger partial charge in [0.25, 0.3) is 0 Å². The zero-order chi connectivity index (χ0) is 23.9. The number of ether oxygens (including phenoxy) is 1. The van der Waals surface area contributed by atoms with E-state index < -0.39 is 0 Å². The van der Waals surface area contributed by atoms with E-state index in [0.717, 1.165) is 33.3 Å². The average Bonchev–Trinajstić information content (AvgIpc) is 2.87. The van der Waals surface area contributed by atoms with Gasteiger partial charge in [0.05, 0.1) is 29.6 Å². The summed E-state index contributed by atoms with van der Waals surface area (Å²) in [7, 11) is 1.36. The van der Waals surface area contributed by atoms with Crippen molar-refractivity contribution in [3.05, 3.63) is 112 Å². The van der Waals surface area contributed by atoms with Crippen LogP contribution >= 0.6 is 11.6 Å². The molecule has 6 heteroatoms. The molecule has 4 aromatic rings. The van der Waals surface area contributed by atoms with Crippen molar-refractivity contribution in [2.45, 2.75) is 12.8 Å². The van der Waals surface area contributed by atoms with Crippen molar-refractivity contribution in [1.29, 1.82) is 0 Å². The van der Waals surface area contributed by atoms with E-state index in [-0.39, 0.29) is 5.97 Å². The lowest BCUT2D eigenvalue weighted by molar-refractivity contribution is 0.0599. The highest BCUT2D eigenvalue weighted by molar-refractivity contribution is 6.31. The summed E-state index contributed by atoms with van der Waals surface area (Å²) in [6.07, 6.45) is 4.89. The van der Waals surface area contributed by atoms with Gasteiger partial charge in [-0.05, 0) is 65.9 Å². The number of methoxy groups -OCH3 is 1. The lowest BCUT2D eigenvalue weighted by Crippen LogP contribution is -2.08. The van der Waals surface area contributed by atoms with E-state index in [2.05, 4.69) is 10.1 Å². The highest BCUT2D eigenvalue weighted by atomic mass is 35.5. The molecule has 3 aromatic carbocycles. The number of hydrogen-bond donors (Lipinski definition) is 1. The second-order valence-corrected chi connectivity index (χ2v) is 8.16. The fourth-order valence-corrected chi connectivity index (χ4v) is 3.92. The number of oxime groups is 1. The number of nitrogens with zero attached hydrogens (tertiary/aromatic N) is 2. The summed E-state index contributed by atoms with van der Waals surface area (Å²) in [5, 5.41) is 14.9. The number of rotatable bonds is 7. The number of benzene rings is 3. The maximum absolute atomic E-state index is 12.0. The first-order chi connectivity index (χ1) is 16.6. The van der Waals surface area contributed by atoms with Gasteiger partial charge in [-0.15, -0.1) is 0 Å². The summed E-state index contributed by atoms with van der Waals surface area (Å²) in [5.41, 5.74) is 5.30. The van der Waals surface area contributed by atoms with Gasteiger partial charge in [0.15, 0.2) is 0 Å². The Hall–Kier alpha value is -3.96. The number of aromatic nitrogens is 1. The van der Waals surface area contributed by atoms with E-state index >= 15 is 0 Å². The summed E-state index contributed by atoms with van der Waals surface area (Å²) in [6, 6.07) is 24.6. The topological polar surface area (TPSA) is 71.8 Å². The van der Waals surface area contributed by atoms with Crippen molar-refractivity contribution in [2.24, 2.45) is 5.16 Å². The third-order valence-corrected chi connectivity index (χ3v) is 5.75. The number of pyridine rings is 1. The maximum atomic E-state index is 12.0. The molecular formula is C28H23ClN2O3. The SMILES string of the molecule is COC(=O)c1ccccc1CC/C(=N/O)c1cccc(/C=C/c2ccc3ccc(Cl)cc3n2)c1. The first-order valence-corrected chi connectivity index (χ1v) is 11.2. The zero-order valence-corrected chi connectivity index (χ0v) is 19.4. The third-order valence-electron chi connectivity index (χ3n) is 5.52. The molecule has 0 saturated heterocycles. The molecule has 0 aliphatic heterocycles. The molecule has 0 saturated carbocycles. The minimum absolute atomic E-state index is 0.380. The minimum Gasteiger partial charge on any atom is -0.465 e. The monoisotopic (exact) mass is 470 g/mol. The van der Waals surface area contributed by atoms with Crippen LogP contribution < -0.4 is 0 Å².